The minimum Gasteiger partial charge on any atom is -0.309 e. The molecule has 0 aliphatic carbocycles. The van der Waals surface area contributed by atoms with Crippen molar-refractivity contribution in [3.63, 3.8) is 0 Å². The molecule has 2 nitrogen and oxygen atoms in total. The summed E-state index contributed by atoms with van der Waals surface area (Å²) < 4.78 is 1.91. The number of aliphatic imine (C=N–C) groups is 1. The summed E-state index contributed by atoms with van der Waals surface area (Å²) in [5, 5.41) is 0. The van der Waals surface area contributed by atoms with E-state index >= 15 is 0 Å². The van der Waals surface area contributed by atoms with Gasteiger partial charge in [-0.3, -0.25) is 4.99 Å². The Balaban J connectivity index is 2.63. The van der Waals surface area contributed by atoms with Gasteiger partial charge in [0.05, 0.1) is 12.2 Å². The first-order valence-electron chi connectivity index (χ1n) is 2.42. The molecule has 1 aliphatic heterocycles. The molecule has 0 aromatic heterocycles. The predicted molar refractivity (Wildman–Crippen MR) is 37.9 cm³/mol. The molecule has 0 bridgehead atoms. The van der Waals surface area contributed by atoms with Crippen LogP contribution >= 0.6 is 16.1 Å². The lowest BCUT2D eigenvalue weighted by Gasteiger charge is -2.11. The summed E-state index contributed by atoms with van der Waals surface area (Å²) in [5.74, 6) is 0. The van der Waals surface area contributed by atoms with Gasteiger partial charge in [-0.1, -0.05) is 0 Å². The van der Waals surface area contributed by atoms with E-state index in [-0.39, 0.29) is 0 Å². The zero-order chi connectivity index (χ0) is 5.98. The van der Waals surface area contributed by atoms with Gasteiger partial charge in [0.15, 0.2) is 0 Å². The van der Waals surface area contributed by atoms with Gasteiger partial charge in [-0.2, -0.15) is 0 Å². The highest BCUT2D eigenvalue weighted by atomic mass is 79.9. The van der Waals surface area contributed by atoms with Crippen LogP contribution in [0.1, 0.15) is 6.92 Å². The van der Waals surface area contributed by atoms with Crippen LogP contribution in [0.3, 0.4) is 0 Å². The molecule has 44 valence electrons. The van der Waals surface area contributed by atoms with Gasteiger partial charge in [0.1, 0.15) is 0 Å². The number of rotatable bonds is 0. The third kappa shape index (κ3) is 1.33. The lowest BCUT2D eigenvalue weighted by molar-refractivity contribution is 0.727. The molecule has 0 radical (unpaired) electrons. The molecule has 0 N–H and O–H groups in total. The van der Waals surface area contributed by atoms with E-state index in [0.717, 1.165) is 12.2 Å². The second-order valence-corrected chi connectivity index (χ2v) is 2.58. The molecule has 1 heterocycles. The van der Waals surface area contributed by atoms with E-state index in [9.17, 15) is 0 Å². The van der Waals surface area contributed by atoms with E-state index in [0.29, 0.717) is 0 Å². The molecule has 0 spiro atoms. The van der Waals surface area contributed by atoms with Crippen molar-refractivity contribution in [3.05, 3.63) is 11.9 Å². The van der Waals surface area contributed by atoms with Crippen molar-refractivity contribution in [1.82, 2.24) is 3.93 Å². The maximum absolute atomic E-state index is 4.04. The Labute approximate surface area is 57.2 Å². The minimum atomic E-state index is 0.858. The van der Waals surface area contributed by atoms with Crippen LogP contribution in [0.2, 0.25) is 0 Å². The smallest absolute Gasteiger partial charge is 0.0643 e. The number of allylic oxidation sites excluding steroid dienone is 1. The van der Waals surface area contributed by atoms with Crippen LogP contribution in [0.25, 0.3) is 0 Å². The first-order valence-corrected chi connectivity index (χ1v) is 3.13. The summed E-state index contributed by atoms with van der Waals surface area (Å²) >= 11 is 3.29. The molecule has 1 rings (SSSR count). The van der Waals surface area contributed by atoms with E-state index < -0.39 is 0 Å². The average molecular weight is 175 g/mol. The molecule has 8 heavy (non-hydrogen) atoms. The van der Waals surface area contributed by atoms with Gasteiger partial charge in [0.2, 0.25) is 0 Å². The van der Waals surface area contributed by atoms with E-state index in [1.54, 1.807) is 0 Å². The molecular weight excluding hydrogens is 168 g/mol. The van der Waals surface area contributed by atoms with Crippen LogP contribution in [-0.4, -0.2) is 16.7 Å². The van der Waals surface area contributed by atoms with Crippen molar-refractivity contribution >= 4 is 22.4 Å². The number of halogens is 1. The lowest BCUT2D eigenvalue weighted by Crippen LogP contribution is -2.10. The van der Waals surface area contributed by atoms with E-state index in [2.05, 4.69) is 21.1 Å². The van der Waals surface area contributed by atoms with Crippen molar-refractivity contribution in [1.29, 1.82) is 0 Å². The Bertz CT molecular complexity index is 139. The maximum atomic E-state index is 4.04. The first-order chi connectivity index (χ1) is 3.79. The second-order valence-electron chi connectivity index (χ2n) is 1.66. The molecule has 0 saturated heterocycles. The van der Waals surface area contributed by atoms with Crippen molar-refractivity contribution in [2.75, 3.05) is 6.54 Å². The predicted octanol–water partition coefficient (Wildman–Crippen LogP) is 1.54. The van der Waals surface area contributed by atoms with Crippen LogP contribution in [-0.2, 0) is 0 Å². The summed E-state index contributed by atoms with van der Waals surface area (Å²) in [6.07, 6.45) is 3.81. The topological polar surface area (TPSA) is 15.6 Å². The van der Waals surface area contributed by atoms with Crippen LogP contribution in [0.15, 0.2) is 16.9 Å². The summed E-state index contributed by atoms with van der Waals surface area (Å²) in [6, 6.07) is 0. The highest BCUT2D eigenvalue weighted by Crippen LogP contribution is 2.06. The Hall–Kier alpha value is -0.310. The second kappa shape index (κ2) is 2.31. The highest BCUT2D eigenvalue weighted by molar-refractivity contribution is 9.07. The zero-order valence-electron chi connectivity index (χ0n) is 4.63. The fraction of sp³-hybridized carbons (Fsp3) is 0.400. The molecule has 0 saturated carbocycles. The van der Waals surface area contributed by atoms with Crippen molar-refractivity contribution < 1.29 is 0 Å². The van der Waals surface area contributed by atoms with Crippen molar-refractivity contribution in [2.45, 2.75) is 6.92 Å². The summed E-state index contributed by atoms with van der Waals surface area (Å²) in [4.78, 5) is 4.04. The number of hydrogen-bond acceptors (Lipinski definition) is 2. The molecule has 0 amide bonds. The zero-order valence-corrected chi connectivity index (χ0v) is 6.22. The summed E-state index contributed by atoms with van der Waals surface area (Å²) in [6.45, 7) is 2.82. The lowest BCUT2D eigenvalue weighted by atomic mass is 10.5. The number of nitrogens with zero attached hydrogens (tertiary/aromatic N) is 2. The quantitative estimate of drug-likeness (QED) is 0.510. The van der Waals surface area contributed by atoms with Crippen LogP contribution in [0, 0.1) is 0 Å². The third-order valence-electron chi connectivity index (χ3n) is 0.878. The Morgan fingerprint density at radius 1 is 1.88 bits per heavy atom. The molecule has 0 atom stereocenters. The summed E-state index contributed by atoms with van der Waals surface area (Å²) in [7, 11) is 0. The third-order valence-corrected chi connectivity index (χ3v) is 1.37. The van der Waals surface area contributed by atoms with Gasteiger partial charge in [-0.25, -0.2) is 0 Å². The Morgan fingerprint density at radius 2 is 2.62 bits per heavy atom. The molecule has 1 aliphatic rings. The average Bonchev–Trinajstić information content (AvgIpc) is 1.64. The minimum absolute atomic E-state index is 0.858. The van der Waals surface area contributed by atoms with Gasteiger partial charge >= 0.3 is 0 Å². The van der Waals surface area contributed by atoms with Gasteiger partial charge in [0, 0.05) is 28.6 Å². The molecular formula is C5H7BrN2. The monoisotopic (exact) mass is 174 g/mol. The molecule has 0 aromatic carbocycles. The van der Waals surface area contributed by atoms with Crippen LogP contribution in [0.5, 0.6) is 0 Å². The molecule has 0 aromatic rings. The van der Waals surface area contributed by atoms with Gasteiger partial charge in [0.25, 0.3) is 0 Å². The van der Waals surface area contributed by atoms with E-state index in [1.165, 1.54) is 0 Å². The van der Waals surface area contributed by atoms with E-state index in [1.807, 2.05) is 23.3 Å². The standard InChI is InChI=1S/C5H7BrN2/c1-5-4-8(6)3-2-7-5/h2,4H,3H2,1H3. The Morgan fingerprint density at radius 3 is 3.00 bits per heavy atom. The molecule has 0 unspecified atom stereocenters. The SMILES string of the molecule is CC1=CN(Br)CC=N1. The van der Waals surface area contributed by atoms with E-state index in [4.69, 9.17) is 0 Å². The highest BCUT2D eigenvalue weighted by Gasteiger charge is 1.96. The fourth-order valence-corrected chi connectivity index (χ4v) is 0.977. The van der Waals surface area contributed by atoms with Crippen LogP contribution < -0.4 is 0 Å². The largest absolute Gasteiger partial charge is 0.309 e. The molecule has 3 heteroatoms. The van der Waals surface area contributed by atoms with Crippen molar-refractivity contribution in [2.24, 2.45) is 4.99 Å². The fourth-order valence-electron chi connectivity index (χ4n) is 0.552. The van der Waals surface area contributed by atoms with Gasteiger partial charge < -0.3 is 3.93 Å². The van der Waals surface area contributed by atoms with Gasteiger partial charge in [-0.15, -0.1) is 0 Å². The summed E-state index contributed by atoms with van der Waals surface area (Å²) in [5.41, 5.74) is 1.04. The van der Waals surface area contributed by atoms with Gasteiger partial charge in [-0.05, 0) is 6.92 Å². The van der Waals surface area contributed by atoms with Crippen molar-refractivity contribution in [3.8, 4) is 0 Å². The first kappa shape index (κ1) is 5.82. The normalized spacial score (nSPS) is 18.8. The van der Waals surface area contributed by atoms with Crippen LogP contribution in [0.4, 0.5) is 0 Å². The maximum Gasteiger partial charge on any atom is 0.0643 e. The number of hydrogen-bond donors (Lipinski definition) is 0. The molecule has 0 fully saturated rings. The Kier molecular flexibility index (Phi) is 1.68.